The molecule has 0 saturated heterocycles. The molecule has 0 saturated carbocycles. The molecule has 0 aliphatic carbocycles. The average molecular weight is 186 g/mol. The van der Waals surface area contributed by atoms with Crippen molar-refractivity contribution in [1.29, 1.82) is 0 Å². The van der Waals surface area contributed by atoms with Crippen LogP contribution in [0.15, 0.2) is 12.7 Å². The van der Waals surface area contributed by atoms with Gasteiger partial charge in [-0.25, -0.2) is 0 Å². The summed E-state index contributed by atoms with van der Waals surface area (Å²) in [5.74, 6) is 0. The van der Waals surface area contributed by atoms with E-state index in [-0.39, 0.29) is 18.5 Å². The van der Waals surface area contributed by atoms with E-state index < -0.39 is 0 Å². The van der Waals surface area contributed by atoms with Crippen LogP contribution in [0.25, 0.3) is 0 Å². The van der Waals surface area contributed by atoms with Crippen molar-refractivity contribution in [1.82, 2.24) is 0 Å². The van der Waals surface area contributed by atoms with Crippen molar-refractivity contribution in [3.63, 3.8) is 0 Å². The monoisotopic (exact) mass is 186 g/mol. The fourth-order valence-corrected chi connectivity index (χ4v) is 1.03. The van der Waals surface area contributed by atoms with Crippen LogP contribution in [0.4, 0.5) is 0 Å². The molecule has 0 aromatic carbocycles. The molecule has 0 aliphatic rings. The second kappa shape index (κ2) is 7.10. The molecule has 0 aromatic rings. The van der Waals surface area contributed by atoms with Crippen LogP contribution in [0.5, 0.6) is 0 Å². The molecule has 0 amide bonds. The van der Waals surface area contributed by atoms with E-state index in [0.717, 1.165) is 12.8 Å². The minimum Gasteiger partial charge on any atom is -0.350 e. The van der Waals surface area contributed by atoms with Crippen molar-refractivity contribution in [2.24, 2.45) is 0 Å². The highest BCUT2D eigenvalue weighted by Crippen LogP contribution is 2.10. The van der Waals surface area contributed by atoms with Gasteiger partial charge in [-0.3, -0.25) is 0 Å². The summed E-state index contributed by atoms with van der Waals surface area (Å²) in [6.45, 7) is 11.8. The Labute approximate surface area is 81.9 Å². The highest BCUT2D eigenvalue weighted by Gasteiger charge is 2.11. The smallest absolute Gasteiger partial charge is 0.158 e. The Morgan fingerprint density at radius 2 is 1.54 bits per heavy atom. The Kier molecular flexibility index (Phi) is 6.92. The molecule has 0 radical (unpaired) electrons. The van der Waals surface area contributed by atoms with E-state index >= 15 is 0 Å². The van der Waals surface area contributed by atoms with E-state index in [0.29, 0.717) is 0 Å². The van der Waals surface area contributed by atoms with E-state index in [2.05, 4.69) is 6.58 Å². The van der Waals surface area contributed by atoms with Crippen molar-refractivity contribution in [2.75, 3.05) is 0 Å². The quantitative estimate of drug-likeness (QED) is 0.449. The molecule has 0 bridgehead atoms. The predicted molar refractivity (Wildman–Crippen MR) is 55.7 cm³/mol. The third-order valence-electron chi connectivity index (χ3n) is 1.45. The molecule has 0 rings (SSSR count). The molecular formula is C11H22O2. The zero-order valence-corrected chi connectivity index (χ0v) is 9.25. The summed E-state index contributed by atoms with van der Waals surface area (Å²) < 4.78 is 11.2. The van der Waals surface area contributed by atoms with Gasteiger partial charge in [0.05, 0.1) is 12.2 Å². The maximum absolute atomic E-state index is 5.59. The Bertz CT molecular complexity index is 120. The van der Waals surface area contributed by atoms with Gasteiger partial charge in [0, 0.05) is 6.42 Å². The lowest BCUT2D eigenvalue weighted by molar-refractivity contribution is -0.183. The molecule has 0 aliphatic heterocycles. The summed E-state index contributed by atoms with van der Waals surface area (Å²) in [5, 5.41) is 0. The first kappa shape index (κ1) is 12.7. The van der Waals surface area contributed by atoms with Crippen molar-refractivity contribution >= 4 is 0 Å². The lowest BCUT2D eigenvalue weighted by Gasteiger charge is -2.22. The lowest BCUT2D eigenvalue weighted by atomic mass is 10.3. The Morgan fingerprint density at radius 3 is 1.85 bits per heavy atom. The maximum Gasteiger partial charge on any atom is 0.158 e. The number of hydrogen-bond donors (Lipinski definition) is 0. The highest BCUT2D eigenvalue weighted by atomic mass is 16.7. The van der Waals surface area contributed by atoms with Gasteiger partial charge in [-0.1, -0.05) is 6.08 Å². The van der Waals surface area contributed by atoms with Crippen molar-refractivity contribution in [2.45, 2.75) is 59.0 Å². The molecule has 13 heavy (non-hydrogen) atoms. The fraction of sp³-hybridized carbons (Fsp3) is 0.818. The van der Waals surface area contributed by atoms with Gasteiger partial charge in [0.25, 0.3) is 0 Å². The number of ether oxygens (including phenoxy) is 2. The summed E-state index contributed by atoms with van der Waals surface area (Å²) in [7, 11) is 0. The molecule has 0 heterocycles. The van der Waals surface area contributed by atoms with E-state index in [1.54, 1.807) is 0 Å². The van der Waals surface area contributed by atoms with Gasteiger partial charge < -0.3 is 9.47 Å². The van der Waals surface area contributed by atoms with Gasteiger partial charge in [-0.2, -0.15) is 0 Å². The molecule has 2 nitrogen and oxygen atoms in total. The molecule has 0 fully saturated rings. The summed E-state index contributed by atoms with van der Waals surface area (Å²) in [6.07, 6.45) is 4.06. The summed E-state index contributed by atoms with van der Waals surface area (Å²) in [4.78, 5) is 0. The van der Waals surface area contributed by atoms with Crippen LogP contribution < -0.4 is 0 Å². The van der Waals surface area contributed by atoms with Gasteiger partial charge in [0.2, 0.25) is 0 Å². The van der Waals surface area contributed by atoms with Crippen LogP contribution in [-0.2, 0) is 9.47 Å². The van der Waals surface area contributed by atoms with Crippen molar-refractivity contribution in [3.8, 4) is 0 Å². The standard InChI is InChI=1S/C11H22O2/c1-6-7-8-11(12-9(2)3)13-10(4)5/h6,9-11H,1,7-8H2,2-5H3. The van der Waals surface area contributed by atoms with Crippen LogP contribution in [0, 0.1) is 0 Å². The number of allylic oxidation sites excluding steroid dienone is 1. The molecule has 0 aromatic heterocycles. The minimum atomic E-state index is -0.0852. The molecular weight excluding hydrogens is 164 g/mol. The first-order chi connectivity index (χ1) is 6.06. The van der Waals surface area contributed by atoms with Crippen LogP contribution in [0.2, 0.25) is 0 Å². The average Bonchev–Trinajstić information content (AvgIpc) is 1.98. The topological polar surface area (TPSA) is 18.5 Å². The molecule has 0 unspecified atom stereocenters. The molecule has 0 atom stereocenters. The Hall–Kier alpha value is -0.340. The van der Waals surface area contributed by atoms with E-state index in [1.807, 2.05) is 33.8 Å². The predicted octanol–water partition coefficient (Wildman–Crippen LogP) is 3.13. The van der Waals surface area contributed by atoms with Gasteiger partial charge in [0.1, 0.15) is 0 Å². The highest BCUT2D eigenvalue weighted by molar-refractivity contribution is 4.67. The van der Waals surface area contributed by atoms with Crippen molar-refractivity contribution < 1.29 is 9.47 Å². The summed E-state index contributed by atoms with van der Waals surface area (Å²) in [5.41, 5.74) is 0. The van der Waals surface area contributed by atoms with Crippen LogP contribution in [-0.4, -0.2) is 18.5 Å². The van der Waals surface area contributed by atoms with E-state index in [4.69, 9.17) is 9.47 Å². The lowest BCUT2D eigenvalue weighted by Crippen LogP contribution is -2.24. The third-order valence-corrected chi connectivity index (χ3v) is 1.45. The van der Waals surface area contributed by atoms with Gasteiger partial charge in [0.15, 0.2) is 6.29 Å². The SMILES string of the molecule is C=CCCC(OC(C)C)OC(C)C. The third kappa shape index (κ3) is 8.00. The van der Waals surface area contributed by atoms with Crippen molar-refractivity contribution in [3.05, 3.63) is 12.7 Å². The van der Waals surface area contributed by atoms with Crippen LogP contribution in [0.3, 0.4) is 0 Å². The molecule has 0 spiro atoms. The van der Waals surface area contributed by atoms with Crippen LogP contribution in [0.1, 0.15) is 40.5 Å². The number of hydrogen-bond acceptors (Lipinski definition) is 2. The Balaban J connectivity index is 3.79. The molecule has 0 N–H and O–H groups in total. The molecule has 78 valence electrons. The summed E-state index contributed by atoms with van der Waals surface area (Å²) >= 11 is 0. The normalized spacial score (nSPS) is 11.6. The zero-order chi connectivity index (χ0) is 10.3. The second-order valence-electron chi connectivity index (χ2n) is 3.67. The Morgan fingerprint density at radius 1 is 1.08 bits per heavy atom. The minimum absolute atomic E-state index is 0.0852. The zero-order valence-electron chi connectivity index (χ0n) is 9.25. The van der Waals surface area contributed by atoms with E-state index in [1.165, 1.54) is 0 Å². The second-order valence-corrected chi connectivity index (χ2v) is 3.67. The maximum atomic E-state index is 5.59. The largest absolute Gasteiger partial charge is 0.350 e. The first-order valence-electron chi connectivity index (χ1n) is 4.98. The van der Waals surface area contributed by atoms with Gasteiger partial charge >= 0.3 is 0 Å². The first-order valence-corrected chi connectivity index (χ1v) is 4.98. The fourth-order valence-electron chi connectivity index (χ4n) is 1.03. The molecule has 2 heteroatoms. The van der Waals surface area contributed by atoms with E-state index in [9.17, 15) is 0 Å². The number of rotatable bonds is 7. The van der Waals surface area contributed by atoms with Crippen LogP contribution >= 0.6 is 0 Å². The van der Waals surface area contributed by atoms with Gasteiger partial charge in [-0.15, -0.1) is 6.58 Å². The summed E-state index contributed by atoms with van der Waals surface area (Å²) in [6, 6.07) is 0. The van der Waals surface area contributed by atoms with Gasteiger partial charge in [-0.05, 0) is 34.1 Å².